The maximum absolute atomic E-state index is 4.77. The Morgan fingerprint density at radius 3 is 2.72 bits per heavy atom. The van der Waals surface area contributed by atoms with E-state index in [2.05, 4.69) is 43.8 Å². The molecule has 2 aliphatic rings. The van der Waals surface area contributed by atoms with Gasteiger partial charge in [-0.2, -0.15) is 0 Å². The first-order valence-corrected chi connectivity index (χ1v) is 8.71. The maximum Gasteiger partial charge on any atom is 0.203 e. The zero-order chi connectivity index (χ0) is 17.0. The Hall–Kier alpha value is -2.77. The molecular formula is C17H20N8. The number of hydrogen-bond acceptors (Lipinski definition) is 7. The average molecular weight is 336 g/mol. The van der Waals surface area contributed by atoms with Crippen LogP contribution in [0.2, 0.25) is 0 Å². The number of piperazine rings is 1. The summed E-state index contributed by atoms with van der Waals surface area (Å²) in [5.41, 5.74) is 0.825. The van der Waals surface area contributed by atoms with Crippen molar-refractivity contribution in [1.29, 1.82) is 0 Å². The molecule has 2 bridgehead atoms. The van der Waals surface area contributed by atoms with E-state index >= 15 is 0 Å². The van der Waals surface area contributed by atoms with E-state index in [1.165, 1.54) is 0 Å². The molecule has 128 valence electrons. The van der Waals surface area contributed by atoms with Gasteiger partial charge in [-0.3, -0.25) is 4.40 Å². The van der Waals surface area contributed by atoms with Gasteiger partial charge in [0.15, 0.2) is 5.82 Å². The van der Waals surface area contributed by atoms with Gasteiger partial charge in [0.2, 0.25) is 5.65 Å². The maximum atomic E-state index is 4.77. The zero-order valence-corrected chi connectivity index (χ0v) is 14.3. The minimum atomic E-state index is 0.339. The first-order chi connectivity index (χ1) is 12.2. The monoisotopic (exact) mass is 336 g/mol. The Kier molecular flexibility index (Phi) is 3.13. The molecule has 0 amide bonds. The Morgan fingerprint density at radius 2 is 1.92 bits per heavy atom. The molecule has 0 aliphatic carbocycles. The molecule has 5 rings (SSSR count). The second-order valence-electron chi connectivity index (χ2n) is 7.09. The van der Waals surface area contributed by atoms with Gasteiger partial charge in [0.05, 0.1) is 12.1 Å². The number of nitrogens with zero attached hydrogens (tertiary/aromatic N) is 8. The normalized spacial score (nSPS) is 22.5. The summed E-state index contributed by atoms with van der Waals surface area (Å²) < 4.78 is 1.92. The van der Waals surface area contributed by atoms with Crippen LogP contribution in [-0.4, -0.2) is 54.7 Å². The lowest BCUT2D eigenvalue weighted by molar-refractivity contribution is 0.630. The lowest BCUT2D eigenvalue weighted by Crippen LogP contribution is -2.47. The van der Waals surface area contributed by atoms with Crippen molar-refractivity contribution >= 4 is 17.3 Å². The molecule has 25 heavy (non-hydrogen) atoms. The Labute approximate surface area is 145 Å². The van der Waals surface area contributed by atoms with Gasteiger partial charge < -0.3 is 9.80 Å². The van der Waals surface area contributed by atoms with Gasteiger partial charge >= 0.3 is 0 Å². The number of rotatable bonds is 3. The highest BCUT2D eigenvalue weighted by molar-refractivity contribution is 5.66. The van der Waals surface area contributed by atoms with Gasteiger partial charge in [0.25, 0.3) is 0 Å². The quantitative estimate of drug-likeness (QED) is 0.717. The third kappa shape index (κ3) is 2.24. The number of aromatic nitrogens is 6. The minimum Gasteiger partial charge on any atom is -0.350 e. The van der Waals surface area contributed by atoms with Crippen LogP contribution in [0.1, 0.15) is 32.0 Å². The summed E-state index contributed by atoms with van der Waals surface area (Å²) in [5.74, 6) is 3.22. The third-order valence-electron chi connectivity index (χ3n) is 5.18. The Balaban J connectivity index is 1.42. The van der Waals surface area contributed by atoms with Crippen molar-refractivity contribution in [3.05, 3.63) is 36.8 Å². The second-order valence-corrected chi connectivity index (χ2v) is 7.09. The fraction of sp³-hybridized carbons (Fsp3) is 0.471. The van der Waals surface area contributed by atoms with Crippen molar-refractivity contribution < 1.29 is 0 Å². The summed E-state index contributed by atoms with van der Waals surface area (Å²) in [6, 6.07) is 2.90. The largest absolute Gasteiger partial charge is 0.350 e. The van der Waals surface area contributed by atoms with Gasteiger partial charge in [-0.15, -0.1) is 10.2 Å². The van der Waals surface area contributed by atoms with E-state index in [1.54, 1.807) is 6.33 Å². The molecule has 2 aliphatic heterocycles. The van der Waals surface area contributed by atoms with Crippen LogP contribution in [0.5, 0.6) is 0 Å². The average Bonchev–Trinajstić information content (AvgIpc) is 3.36. The summed E-state index contributed by atoms with van der Waals surface area (Å²) in [4.78, 5) is 18.5. The zero-order valence-electron chi connectivity index (χ0n) is 14.3. The Morgan fingerprint density at radius 1 is 1.08 bits per heavy atom. The highest BCUT2D eigenvalue weighted by Gasteiger charge is 2.45. The van der Waals surface area contributed by atoms with Crippen LogP contribution in [0.25, 0.3) is 5.65 Å². The molecular weight excluding hydrogens is 316 g/mol. The molecule has 0 aromatic carbocycles. The number of fused-ring (bicyclic) bond motifs is 3. The van der Waals surface area contributed by atoms with Crippen molar-refractivity contribution in [2.45, 2.75) is 38.3 Å². The van der Waals surface area contributed by atoms with Crippen LogP contribution >= 0.6 is 0 Å². The van der Waals surface area contributed by atoms with Crippen LogP contribution in [0.15, 0.2) is 31.0 Å². The van der Waals surface area contributed by atoms with Crippen LogP contribution in [0.4, 0.5) is 11.6 Å². The molecule has 8 nitrogen and oxygen atoms in total. The summed E-state index contributed by atoms with van der Waals surface area (Å²) in [5, 5.41) is 8.23. The standard InChI is InChI=1S/C17H20N8/c1-11(2)15-18-4-3-14(21-15)24-8-13-7-12(24)9-25(13)16-17-22-20-10-23(17)6-5-19-16/h3-6,10-13H,7-9H2,1-2H3. The SMILES string of the molecule is CC(C)c1nccc(N2CC3CC2CN3c2nccn3cnnc23)n1. The van der Waals surface area contributed by atoms with E-state index in [0.29, 0.717) is 18.0 Å². The summed E-state index contributed by atoms with van der Waals surface area (Å²) in [6.07, 6.45) is 8.41. The van der Waals surface area contributed by atoms with E-state index < -0.39 is 0 Å². The molecule has 3 aromatic heterocycles. The highest BCUT2D eigenvalue weighted by Crippen LogP contribution is 2.37. The lowest BCUT2D eigenvalue weighted by atomic mass is 10.2. The van der Waals surface area contributed by atoms with Crippen molar-refractivity contribution in [2.24, 2.45) is 0 Å². The topological polar surface area (TPSA) is 75.3 Å². The summed E-state index contributed by atoms with van der Waals surface area (Å²) in [7, 11) is 0. The first-order valence-electron chi connectivity index (χ1n) is 8.71. The van der Waals surface area contributed by atoms with E-state index in [0.717, 1.165) is 42.6 Å². The molecule has 2 atom stereocenters. The fourth-order valence-electron chi connectivity index (χ4n) is 3.96. The summed E-state index contributed by atoms with van der Waals surface area (Å²) in [6.45, 7) is 6.14. The number of hydrogen-bond donors (Lipinski definition) is 0. The fourth-order valence-corrected chi connectivity index (χ4v) is 3.96. The highest BCUT2D eigenvalue weighted by atomic mass is 15.4. The van der Waals surface area contributed by atoms with Crippen molar-refractivity contribution in [2.75, 3.05) is 22.9 Å². The first kappa shape index (κ1) is 14.6. The molecule has 8 heteroatoms. The van der Waals surface area contributed by atoms with Gasteiger partial charge in [0, 0.05) is 37.6 Å². The van der Waals surface area contributed by atoms with Gasteiger partial charge in [-0.1, -0.05) is 13.8 Å². The van der Waals surface area contributed by atoms with Gasteiger partial charge in [0.1, 0.15) is 18.0 Å². The van der Waals surface area contributed by atoms with Crippen LogP contribution in [0, 0.1) is 0 Å². The van der Waals surface area contributed by atoms with Crippen molar-refractivity contribution in [3.63, 3.8) is 0 Å². The van der Waals surface area contributed by atoms with Crippen LogP contribution in [0.3, 0.4) is 0 Å². The second kappa shape index (κ2) is 5.37. The Bertz CT molecular complexity index is 920. The van der Waals surface area contributed by atoms with Crippen LogP contribution in [-0.2, 0) is 0 Å². The smallest absolute Gasteiger partial charge is 0.203 e. The van der Waals surface area contributed by atoms with Crippen molar-refractivity contribution in [1.82, 2.24) is 29.5 Å². The van der Waals surface area contributed by atoms with Crippen LogP contribution < -0.4 is 9.80 Å². The molecule has 0 spiro atoms. The third-order valence-corrected chi connectivity index (χ3v) is 5.18. The molecule has 5 heterocycles. The number of anilines is 2. The molecule has 0 radical (unpaired) electrons. The lowest BCUT2D eigenvalue weighted by Gasteiger charge is -2.35. The summed E-state index contributed by atoms with van der Waals surface area (Å²) >= 11 is 0. The molecule has 0 saturated carbocycles. The predicted molar refractivity (Wildman–Crippen MR) is 93.8 cm³/mol. The van der Waals surface area contributed by atoms with E-state index in [4.69, 9.17) is 4.98 Å². The van der Waals surface area contributed by atoms with E-state index in [1.807, 2.05) is 29.1 Å². The molecule has 0 N–H and O–H groups in total. The van der Waals surface area contributed by atoms with Gasteiger partial charge in [-0.05, 0) is 12.5 Å². The molecule has 2 unspecified atom stereocenters. The predicted octanol–water partition coefficient (Wildman–Crippen LogP) is 1.51. The molecule has 3 aromatic rings. The van der Waals surface area contributed by atoms with Gasteiger partial charge in [-0.25, -0.2) is 15.0 Å². The van der Waals surface area contributed by atoms with Crippen molar-refractivity contribution in [3.8, 4) is 0 Å². The molecule has 2 saturated heterocycles. The molecule has 2 fully saturated rings. The minimum absolute atomic E-state index is 0.339. The van der Waals surface area contributed by atoms with E-state index in [-0.39, 0.29) is 0 Å². The van der Waals surface area contributed by atoms with E-state index in [9.17, 15) is 0 Å².